The van der Waals surface area contributed by atoms with Gasteiger partial charge in [0.05, 0.1) is 22.0 Å². The van der Waals surface area contributed by atoms with E-state index in [0.717, 1.165) is 27.7 Å². The molecule has 1 amide bonds. The Hall–Kier alpha value is -2.55. The van der Waals surface area contributed by atoms with Crippen LogP contribution in [-0.4, -0.2) is 62.8 Å². The second kappa shape index (κ2) is 14.4. The summed E-state index contributed by atoms with van der Waals surface area (Å²) in [4.78, 5) is 28.7. The van der Waals surface area contributed by atoms with Crippen molar-refractivity contribution in [2.45, 2.75) is 44.6 Å². The Morgan fingerprint density at radius 3 is 2.42 bits per heavy atom. The summed E-state index contributed by atoms with van der Waals surface area (Å²) in [6, 6.07) is 24.2. The number of aromatic nitrogens is 1. The van der Waals surface area contributed by atoms with Crippen LogP contribution in [-0.2, 0) is 11.4 Å². The normalized spacial score (nSPS) is 11.9. The van der Waals surface area contributed by atoms with E-state index < -0.39 is 5.97 Å². The molecule has 4 rings (SSSR count). The van der Waals surface area contributed by atoms with E-state index >= 15 is 0 Å². The number of aromatic carboxylic acids is 1. The maximum absolute atomic E-state index is 12.4. The minimum absolute atomic E-state index is 0. The minimum atomic E-state index is -0.980. The number of pyridine rings is 1. The zero-order valence-corrected chi connectivity index (χ0v) is 23.7. The van der Waals surface area contributed by atoms with Crippen molar-refractivity contribution in [3.63, 3.8) is 0 Å². The van der Waals surface area contributed by atoms with Gasteiger partial charge in [-0.2, -0.15) is 0 Å². The monoisotopic (exact) mass is 586 g/mol. The third-order valence-corrected chi connectivity index (χ3v) is 7.38. The number of fused-ring (bicyclic) bond motifs is 1. The number of carboxylic acids is 1. The van der Waals surface area contributed by atoms with Gasteiger partial charge in [0.15, 0.2) is 0 Å². The van der Waals surface area contributed by atoms with E-state index in [1.54, 1.807) is 30.0 Å². The van der Waals surface area contributed by atoms with Crippen molar-refractivity contribution < 1.29 is 19.4 Å². The van der Waals surface area contributed by atoms with Crippen LogP contribution in [0, 0.1) is 0 Å². The number of halogens is 1. The van der Waals surface area contributed by atoms with E-state index in [9.17, 15) is 14.7 Å². The van der Waals surface area contributed by atoms with Gasteiger partial charge in [0.1, 0.15) is 12.4 Å². The SMILES string of the molecule is CC(C)(C)NC(=O)CCSC(c1cccc(OCc2ccc3ccc(Cl)cc3n2)c1)c1cccc(C(=O)O)c1.[NaH]. The van der Waals surface area contributed by atoms with Crippen molar-refractivity contribution in [1.29, 1.82) is 0 Å². The molecule has 2 N–H and O–H groups in total. The summed E-state index contributed by atoms with van der Waals surface area (Å²) < 4.78 is 6.09. The quantitative estimate of drug-likeness (QED) is 0.202. The van der Waals surface area contributed by atoms with Gasteiger partial charge in [0, 0.05) is 28.1 Å². The second-order valence-corrected chi connectivity index (χ2v) is 11.9. The van der Waals surface area contributed by atoms with Crippen LogP contribution < -0.4 is 10.1 Å². The molecule has 204 valence electrons. The number of nitrogens with one attached hydrogen (secondary N) is 1. The summed E-state index contributed by atoms with van der Waals surface area (Å²) in [7, 11) is 0. The second-order valence-electron chi connectivity index (χ2n) is 10.2. The van der Waals surface area contributed by atoms with Crippen molar-refractivity contribution in [3.8, 4) is 5.75 Å². The molecule has 4 aromatic rings. The zero-order valence-electron chi connectivity index (χ0n) is 22.1. The van der Waals surface area contributed by atoms with E-state index in [-0.39, 0.29) is 58.4 Å². The molecule has 0 aliphatic carbocycles. The van der Waals surface area contributed by atoms with Crippen LogP contribution in [0.3, 0.4) is 0 Å². The summed E-state index contributed by atoms with van der Waals surface area (Å²) in [5.74, 6) is 0.241. The fourth-order valence-electron chi connectivity index (χ4n) is 4.11. The molecule has 0 aliphatic heterocycles. The van der Waals surface area contributed by atoms with Crippen LogP contribution in [0.4, 0.5) is 0 Å². The summed E-state index contributed by atoms with van der Waals surface area (Å²) in [5, 5.41) is 14.0. The number of carbonyl (C=O) groups excluding carboxylic acids is 1. The van der Waals surface area contributed by atoms with Crippen LogP contribution in [0.15, 0.2) is 78.9 Å². The summed E-state index contributed by atoms with van der Waals surface area (Å²) in [5.41, 5.74) is 3.31. The topological polar surface area (TPSA) is 88.5 Å². The van der Waals surface area contributed by atoms with Gasteiger partial charge in [0.2, 0.25) is 5.91 Å². The average Bonchev–Trinajstić information content (AvgIpc) is 2.89. The number of rotatable bonds is 10. The number of hydrogen-bond donors (Lipinski definition) is 2. The van der Waals surface area contributed by atoms with E-state index in [4.69, 9.17) is 16.3 Å². The van der Waals surface area contributed by atoms with Gasteiger partial charge in [0.25, 0.3) is 0 Å². The number of carboxylic acid groups (broad SMARTS) is 1. The Bertz CT molecular complexity index is 1490. The van der Waals surface area contributed by atoms with E-state index in [0.29, 0.717) is 22.9 Å². The van der Waals surface area contributed by atoms with Crippen molar-refractivity contribution in [3.05, 3.63) is 106 Å². The number of ether oxygens (including phenoxy) is 1. The van der Waals surface area contributed by atoms with Crippen LogP contribution in [0.1, 0.15) is 59.6 Å². The molecule has 1 heterocycles. The molecule has 9 heteroatoms. The van der Waals surface area contributed by atoms with Crippen LogP contribution in [0.2, 0.25) is 5.02 Å². The summed E-state index contributed by atoms with van der Waals surface area (Å²) >= 11 is 7.72. The number of carbonyl (C=O) groups is 2. The molecular weight excluding hydrogens is 555 g/mol. The number of hydrogen-bond acceptors (Lipinski definition) is 5. The molecule has 1 aromatic heterocycles. The molecule has 0 bridgehead atoms. The molecule has 6 nitrogen and oxygen atoms in total. The number of thioether (sulfide) groups is 1. The fraction of sp³-hybridized carbons (Fsp3) is 0.258. The molecule has 0 saturated heterocycles. The summed E-state index contributed by atoms with van der Waals surface area (Å²) in [6.07, 6.45) is 0.352. The van der Waals surface area contributed by atoms with Crippen molar-refractivity contribution in [1.82, 2.24) is 10.3 Å². The molecule has 0 fully saturated rings. The first-order chi connectivity index (χ1) is 18.6. The third kappa shape index (κ3) is 9.25. The molecule has 0 aliphatic rings. The van der Waals surface area contributed by atoms with Gasteiger partial charge in [-0.3, -0.25) is 4.79 Å². The first-order valence-corrected chi connectivity index (χ1v) is 14.0. The number of benzene rings is 3. The number of amides is 1. The van der Waals surface area contributed by atoms with Crippen LogP contribution >= 0.6 is 23.4 Å². The van der Waals surface area contributed by atoms with Crippen molar-refractivity contribution in [2.75, 3.05) is 5.75 Å². The van der Waals surface area contributed by atoms with Crippen LogP contribution in [0.5, 0.6) is 5.75 Å². The first kappa shape index (κ1) is 32.0. The van der Waals surface area contributed by atoms with Gasteiger partial charge in [-0.15, -0.1) is 11.8 Å². The Kier molecular flexibility index (Phi) is 11.5. The molecule has 3 aromatic carbocycles. The van der Waals surface area contributed by atoms with Gasteiger partial charge in [-0.05, 0) is 74.4 Å². The molecular formula is C31H32ClN2NaO4S. The Morgan fingerprint density at radius 1 is 1.00 bits per heavy atom. The maximum atomic E-state index is 12.4. The van der Waals surface area contributed by atoms with Gasteiger partial charge >= 0.3 is 35.5 Å². The van der Waals surface area contributed by atoms with Gasteiger partial charge in [-0.1, -0.05) is 48.0 Å². The Morgan fingerprint density at radius 2 is 1.70 bits per heavy atom. The van der Waals surface area contributed by atoms with E-state index in [1.165, 1.54) is 0 Å². The molecule has 1 atom stereocenters. The number of nitrogens with zero attached hydrogens (tertiary/aromatic N) is 1. The predicted octanol–water partition coefficient (Wildman–Crippen LogP) is 6.64. The average molecular weight is 587 g/mol. The molecule has 0 radical (unpaired) electrons. The predicted molar refractivity (Wildman–Crippen MR) is 165 cm³/mol. The van der Waals surface area contributed by atoms with E-state index in [2.05, 4.69) is 10.3 Å². The molecule has 0 spiro atoms. The first-order valence-electron chi connectivity index (χ1n) is 12.6. The molecule has 40 heavy (non-hydrogen) atoms. The Labute approximate surface area is 266 Å². The Balaban J connectivity index is 0.00000441. The van der Waals surface area contributed by atoms with E-state index in [1.807, 2.05) is 81.4 Å². The molecule has 0 saturated carbocycles. The standard InChI is InChI=1S/C31H31ClN2O4S.Na.H/c1-31(2,3)34-28(35)14-15-39-29(21-6-4-8-23(16-21)30(36)37)22-7-5-9-26(17-22)38-19-25-13-11-20-10-12-24(32)18-27(20)33-25;;/h4-13,16-18,29H,14-15,19H2,1-3H3,(H,34,35)(H,36,37);;. The van der Waals surface area contributed by atoms with Gasteiger partial charge in [-0.25, -0.2) is 9.78 Å². The molecule has 1 unspecified atom stereocenters. The third-order valence-electron chi connectivity index (χ3n) is 5.82. The van der Waals surface area contributed by atoms with Crippen LogP contribution in [0.25, 0.3) is 10.9 Å². The van der Waals surface area contributed by atoms with Crippen molar-refractivity contribution in [2.24, 2.45) is 0 Å². The zero-order chi connectivity index (χ0) is 28.0. The summed E-state index contributed by atoms with van der Waals surface area (Å²) in [6.45, 7) is 6.14. The van der Waals surface area contributed by atoms with Crippen molar-refractivity contribution >= 4 is 75.7 Å². The van der Waals surface area contributed by atoms with Gasteiger partial charge < -0.3 is 15.2 Å². The fourth-order valence-corrected chi connectivity index (χ4v) is 5.49.